The molecule has 0 saturated heterocycles. The molecule has 136 valence electrons. The zero-order valence-electron chi connectivity index (χ0n) is 14.4. The number of unbranched alkanes of at least 4 members (excludes halogenated alkanes) is 2. The van der Waals surface area contributed by atoms with Gasteiger partial charge in [0.15, 0.2) is 0 Å². The lowest BCUT2D eigenvalue weighted by Gasteiger charge is -2.06. The van der Waals surface area contributed by atoms with Crippen LogP contribution < -0.4 is 5.32 Å². The Bertz CT molecular complexity index is 744. The SMILES string of the molecule is COCc1c(C(=O)NCCCCCC(=O)OC)sc2cccc(F)c12. The van der Waals surface area contributed by atoms with Crippen LogP contribution in [0.25, 0.3) is 10.1 Å². The van der Waals surface area contributed by atoms with Crippen LogP contribution in [0.5, 0.6) is 0 Å². The highest BCUT2D eigenvalue weighted by atomic mass is 32.1. The van der Waals surface area contributed by atoms with Crippen LogP contribution in [0, 0.1) is 5.82 Å². The molecular weight excluding hydrogens is 345 g/mol. The largest absolute Gasteiger partial charge is 0.469 e. The Balaban J connectivity index is 1.96. The second-order valence-electron chi connectivity index (χ2n) is 5.60. The van der Waals surface area contributed by atoms with Crippen molar-refractivity contribution >= 4 is 33.3 Å². The van der Waals surface area contributed by atoms with Crippen molar-refractivity contribution in [1.29, 1.82) is 0 Å². The van der Waals surface area contributed by atoms with Crippen LogP contribution in [-0.2, 0) is 20.9 Å². The topological polar surface area (TPSA) is 64.6 Å². The molecule has 2 rings (SSSR count). The number of thiophene rings is 1. The number of amides is 1. The first-order valence-electron chi connectivity index (χ1n) is 8.12. The maximum atomic E-state index is 14.1. The van der Waals surface area contributed by atoms with Gasteiger partial charge in [0.05, 0.1) is 18.6 Å². The maximum absolute atomic E-state index is 14.1. The molecule has 0 aliphatic carbocycles. The van der Waals surface area contributed by atoms with E-state index in [4.69, 9.17) is 4.74 Å². The number of hydrogen-bond donors (Lipinski definition) is 1. The number of halogens is 1. The third-order valence-electron chi connectivity index (χ3n) is 3.83. The predicted molar refractivity (Wildman–Crippen MR) is 95.3 cm³/mol. The zero-order chi connectivity index (χ0) is 18.2. The lowest BCUT2D eigenvalue weighted by molar-refractivity contribution is -0.140. The van der Waals surface area contributed by atoms with Gasteiger partial charge in [-0.15, -0.1) is 11.3 Å². The molecule has 0 radical (unpaired) electrons. The summed E-state index contributed by atoms with van der Waals surface area (Å²) in [6.45, 7) is 0.686. The summed E-state index contributed by atoms with van der Waals surface area (Å²) in [5.74, 6) is -0.788. The van der Waals surface area contributed by atoms with Crippen molar-refractivity contribution in [2.24, 2.45) is 0 Å². The van der Waals surface area contributed by atoms with Crippen LogP contribution in [0.15, 0.2) is 18.2 Å². The van der Waals surface area contributed by atoms with Crippen molar-refractivity contribution < 1.29 is 23.5 Å². The minimum absolute atomic E-state index is 0.183. The van der Waals surface area contributed by atoms with E-state index in [9.17, 15) is 14.0 Å². The van der Waals surface area contributed by atoms with Crippen molar-refractivity contribution in [3.8, 4) is 0 Å². The molecule has 0 spiro atoms. The van der Waals surface area contributed by atoms with Crippen molar-refractivity contribution in [3.05, 3.63) is 34.5 Å². The monoisotopic (exact) mass is 367 g/mol. The van der Waals surface area contributed by atoms with Gasteiger partial charge in [-0.3, -0.25) is 9.59 Å². The Kier molecular flexibility index (Phi) is 7.33. The number of benzene rings is 1. The first-order chi connectivity index (χ1) is 12.1. The van der Waals surface area contributed by atoms with Crippen molar-refractivity contribution in [2.45, 2.75) is 32.3 Å². The quantitative estimate of drug-likeness (QED) is 0.543. The van der Waals surface area contributed by atoms with Crippen molar-refractivity contribution in [2.75, 3.05) is 20.8 Å². The number of methoxy groups -OCH3 is 2. The number of rotatable bonds is 9. The summed E-state index contributed by atoms with van der Waals surface area (Å²) in [6.07, 6.45) is 2.70. The first kappa shape index (κ1) is 19.3. The van der Waals surface area contributed by atoms with E-state index in [-0.39, 0.29) is 24.3 Å². The Hall–Kier alpha value is -1.99. The van der Waals surface area contributed by atoms with Gasteiger partial charge in [0.2, 0.25) is 0 Å². The standard InChI is InChI=1S/C18H22FNO4S/c1-23-11-12-16-13(19)7-6-8-14(16)25-17(12)18(22)20-10-5-3-4-9-15(21)24-2/h6-8H,3-5,9-11H2,1-2H3,(H,20,22). The fourth-order valence-corrected chi connectivity index (χ4v) is 3.73. The molecule has 1 amide bonds. The Morgan fingerprint density at radius 1 is 1.20 bits per heavy atom. The molecule has 25 heavy (non-hydrogen) atoms. The minimum Gasteiger partial charge on any atom is -0.469 e. The van der Waals surface area contributed by atoms with Gasteiger partial charge in [0.1, 0.15) is 5.82 Å². The summed E-state index contributed by atoms with van der Waals surface area (Å²) >= 11 is 1.27. The number of ether oxygens (including phenoxy) is 2. The van der Waals surface area contributed by atoms with Gasteiger partial charge in [-0.25, -0.2) is 4.39 Å². The van der Waals surface area contributed by atoms with Gasteiger partial charge in [-0.2, -0.15) is 0 Å². The number of nitrogens with one attached hydrogen (secondary N) is 1. The number of esters is 1. The van der Waals surface area contributed by atoms with E-state index in [1.807, 2.05) is 0 Å². The summed E-state index contributed by atoms with van der Waals surface area (Å²) in [6, 6.07) is 4.82. The van der Waals surface area contributed by atoms with Gasteiger partial charge in [0, 0.05) is 35.7 Å². The summed E-state index contributed by atoms with van der Waals surface area (Å²) < 4.78 is 24.6. The molecule has 1 heterocycles. The van der Waals surface area contributed by atoms with E-state index in [0.717, 1.165) is 24.0 Å². The summed E-state index contributed by atoms with van der Waals surface area (Å²) in [5.41, 5.74) is 0.587. The highest BCUT2D eigenvalue weighted by molar-refractivity contribution is 7.21. The highest BCUT2D eigenvalue weighted by Crippen LogP contribution is 2.33. The van der Waals surface area contributed by atoms with E-state index in [2.05, 4.69) is 10.1 Å². The van der Waals surface area contributed by atoms with Crippen LogP contribution >= 0.6 is 11.3 Å². The molecule has 1 N–H and O–H groups in total. The van der Waals surface area contributed by atoms with Gasteiger partial charge in [-0.1, -0.05) is 12.5 Å². The van der Waals surface area contributed by atoms with Crippen LogP contribution in [0.4, 0.5) is 4.39 Å². The van der Waals surface area contributed by atoms with E-state index < -0.39 is 0 Å². The average molecular weight is 367 g/mol. The Morgan fingerprint density at radius 2 is 2.00 bits per heavy atom. The minimum atomic E-state index is -0.345. The van der Waals surface area contributed by atoms with Gasteiger partial charge in [-0.05, 0) is 25.0 Å². The van der Waals surface area contributed by atoms with Gasteiger partial charge >= 0.3 is 5.97 Å². The molecule has 0 unspecified atom stereocenters. The molecule has 2 aromatic rings. The summed E-state index contributed by atoms with van der Waals surface area (Å²) in [4.78, 5) is 24.0. The number of carbonyl (C=O) groups is 2. The molecule has 0 fully saturated rings. The normalized spacial score (nSPS) is 10.8. The fourth-order valence-electron chi connectivity index (χ4n) is 2.59. The molecule has 5 nitrogen and oxygen atoms in total. The smallest absolute Gasteiger partial charge is 0.305 e. The molecule has 1 aromatic heterocycles. The third-order valence-corrected chi connectivity index (χ3v) is 5.03. The van der Waals surface area contributed by atoms with Crippen LogP contribution in [0.2, 0.25) is 0 Å². The van der Waals surface area contributed by atoms with Crippen LogP contribution in [0.1, 0.15) is 40.9 Å². The highest BCUT2D eigenvalue weighted by Gasteiger charge is 2.20. The second kappa shape index (κ2) is 9.48. The Morgan fingerprint density at radius 3 is 2.72 bits per heavy atom. The Labute approximate surface area is 150 Å². The first-order valence-corrected chi connectivity index (χ1v) is 8.94. The molecular formula is C18H22FNO4S. The molecule has 0 bridgehead atoms. The van der Waals surface area contributed by atoms with Gasteiger partial charge < -0.3 is 14.8 Å². The summed E-state index contributed by atoms with van der Waals surface area (Å²) in [7, 11) is 2.89. The van der Waals surface area contributed by atoms with Crippen molar-refractivity contribution in [1.82, 2.24) is 5.32 Å². The average Bonchev–Trinajstić information content (AvgIpc) is 2.98. The number of carbonyl (C=O) groups excluding carboxylic acids is 2. The number of hydrogen-bond acceptors (Lipinski definition) is 5. The molecule has 0 atom stereocenters. The second-order valence-corrected chi connectivity index (χ2v) is 6.65. The van der Waals surface area contributed by atoms with Crippen molar-refractivity contribution in [3.63, 3.8) is 0 Å². The molecule has 1 aromatic carbocycles. The van der Waals surface area contributed by atoms with E-state index in [1.165, 1.54) is 31.6 Å². The lowest BCUT2D eigenvalue weighted by Crippen LogP contribution is -2.24. The van der Waals surface area contributed by atoms with Crippen LogP contribution in [0.3, 0.4) is 0 Å². The number of fused-ring (bicyclic) bond motifs is 1. The lowest BCUT2D eigenvalue weighted by atomic mass is 10.1. The molecule has 7 heteroatoms. The van der Waals surface area contributed by atoms with Gasteiger partial charge in [0.25, 0.3) is 5.91 Å². The molecule has 0 aliphatic rings. The zero-order valence-corrected chi connectivity index (χ0v) is 15.2. The van der Waals surface area contributed by atoms with E-state index >= 15 is 0 Å². The third kappa shape index (κ3) is 4.99. The predicted octanol–water partition coefficient (Wildman–Crippen LogP) is 3.65. The summed E-state index contributed by atoms with van der Waals surface area (Å²) in [5, 5.41) is 3.31. The van der Waals surface area contributed by atoms with E-state index in [1.54, 1.807) is 12.1 Å². The molecule has 0 aliphatic heterocycles. The fraction of sp³-hybridized carbons (Fsp3) is 0.444. The van der Waals surface area contributed by atoms with Crippen LogP contribution in [-0.4, -0.2) is 32.6 Å². The maximum Gasteiger partial charge on any atom is 0.305 e. The van der Waals surface area contributed by atoms with E-state index in [0.29, 0.717) is 28.8 Å². The molecule has 0 saturated carbocycles.